The molecule has 0 spiro atoms. The third kappa shape index (κ3) is 4.20. The minimum atomic E-state index is -1.08. The summed E-state index contributed by atoms with van der Waals surface area (Å²) in [7, 11) is 0. The van der Waals surface area contributed by atoms with Gasteiger partial charge in [-0.25, -0.2) is 8.78 Å². The van der Waals surface area contributed by atoms with Crippen molar-refractivity contribution in [2.45, 2.75) is 31.7 Å². The number of fused-ring (bicyclic) bond motifs is 1. The number of aromatic nitrogens is 2. The van der Waals surface area contributed by atoms with Gasteiger partial charge in [0, 0.05) is 6.07 Å². The molecule has 0 amide bonds. The zero-order valence-corrected chi connectivity index (χ0v) is 19.3. The molecule has 7 nitrogen and oxygen atoms in total. The number of aromatic amines is 1. The van der Waals surface area contributed by atoms with Gasteiger partial charge in [-0.05, 0) is 40.8 Å². The number of nitrogens with zero attached hydrogens (tertiary/aromatic N) is 2. The number of hydrogen-bond donors (Lipinski definition) is 3. The molecule has 3 aromatic carbocycles. The van der Waals surface area contributed by atoms with Crippen molar-refractivity contribution in [3.05, 3.63) is 71.3 Å². The minimum absolute atomic E-state index is 0.0247. The summed E-state index contributed by atoms with van der Waals surface area (Å²) in [4.78, 5) is 6.84. The molecule has 5 rings (SSSR count). The van der Waals surface area contributed by atoms with E-state index in [1.807, 2.05) is 19.1 Å². The number of benzene rings is 3. The van der Waals surface area contributed by atoms with Crippen LogP contribution < -0.4 is 4.74 Å². The Labute approximate surface area is 205 Å². The molecule has 1 aromatic heterocycles. The van der Waals surface area contributed by atoms with Gasteiger partial charge in [0.25, 0.3) is 6.01 Å². The van der Waals surface area contributed by atoms with Crippen LogP contribution in [-0.2, 0) is 11.2 Å². The highest BCUT2D eigenvalue weighted by molar-refractivity contribution is 5.84. The third-order valence-electron chi connectivity index (χ3n) is 6.43. The Morgan fingerprint density at radius 3 is 2.58 bits per heavy atom. The van der Waals surface area contributed by atoms with Crippen LogP contribution in [0.25, 0.3) is 33.3 Å². The van der Waals surface area contributed by atoms with Crippen molar-refractivity contribution >= 4 is 11.0 Å². The van der Waals surface area contributed by atoms with Gasteiger partial charge in [-0.15, -0.1) is 0 Å². The van der Waals surface area contributed by atoms with Crippen molar-refractivity contribution < 1.29 is 28.5 Å². The topological polar surface area (TPSA) is 111 Å². The van der Waals surface area contributed by atoms with E-state index in [-0.39, 0.29) is 35.8 Å². The molecule has 3 atom stereocenters. The lowest BCUT2D eigenvalue weighted by Crippen LogP contribution is -2.36. The first-order valence-corrected chi connectivity index (χ1v) is 11.5. The molecule has 0 bridgehead atoms. The molecular formula is C27H23F2N3O4. The zero-order chi connectivity index (χ0) is 25.4. The first kappa shape index (κ1) is 23.9. The van der Waals surface area contributed by atoms with E-state index < -0.39 is 29.9 Å². The molecule has 36 heavy (non-hydrogen) atoms. The molecule has 1 saturated heterocycles. The average Bonchev–Trinajstić information content (AvgIpc) is 3.46. The second-order valence-electron chi connectivity index (χ2n) is 8.60. The summed E-state index contributed by atoms with van der Waals surface area (Å²) >= 11 is 0. The summed E-state index contributed by atoms with van der Waals surface area (Å²) in [5, 5.41) is 28.5. The molecule has 1 fully saturated rings. The number of nitriles is 1. The molecule has 1 aliphatic rings. The van der Waals surface area contributed by atoms with Crippen LogP contribution in [0.1, 0.15) is 18.1 Å². The highest BCUT2D eigenvalue weighted by Crippen LogP contribution is 2.34. The van der Waals surface area contributed by atoms with Crippen LogP contribution in [0.4, 0.5) is 8.78 Å². The molecule has 0 saturated carbocycles. The van der Waals surface area contributed by atoms with E-state index in [1.165, 1.54) is 0 Å². The van der Waals surface area contributed by atoms with Gasteiger partial charge in [0.05, 0.1) is 35.9 Å². The highest BCUT2D eigenvalue weighted by atomic mass is 19.1. The van der Waals surface area contributed by atoms with Gasteiger partial charge in [-0.2, -0.15) is 10.2 Å². The molecule has 3 N–H and O–H groups in total. The predicted octanol–water partition coefficient (Wildman–Crippen LogP) is 4.11. The van der Waals surface area contributed by atoms with Crippen molar-refractivity contribution in [2.75, 3.05) is 13.2 Å². The van der Waals surface area contributed by atoms with E-state index in [2.05, 4.69) is 16.0 Å². The van der Waals surface area contributed by atoms with Crippen LogP contribution in [0.5, 0.6) is 6.01 Å². The lowest BCUT2D eigenvalue weighted by Gasteiger charge is -2.15. The summed E-state index contributed by atoms with van der Waals surface area (Å²) < 4.78 is 41.3. The minimum Gasteiger partial charge on any atom is -0.456 e. The predicted molar refractivity (Wildman–Crippen MR) is 128 cm³/mol. The molecule has 0 aliphatic carbocycles. The van der Waals surface area contributed by atoms with E-state index in [4.69, 9.17) is 14.7 Å². The Hall–Kier alpha value is -3.84. The van der Waals surface area contributed by atoms with E-state index in [9.17, 15) is 10.2 Å². The van der Waals surface area contributed by atoms with E-state index in [0.29, 0.717) is 11.1 Å². The van der Waals surface area contributed by atoms with Gasteiger partial charge in [0.1, 0.15) is 23.5 Å². The third-order valence-corrected chi connectivity index (χ3v) is 6.43. The number of rotatable bonds is 6. The maximum atomic E-state index is 15.4. The molecular weight excluding hydrogens is 468 g/mol. The number of ether oxygens (including phenoxy) is 2. The standard InChI is InChI=1S/C27H23F2N3O4/c1-2-15-9-14(11-30)3-8-18(15)16-4-6-17(7-5-16)23-19(28)10-20-25(24(23)29)32-27(31-20)36-22-13-35-21(12-33)26(22)34/h3-10,21-22,26,33-34H,2,12-13H2,1H3,(H,31,32)/t21-,22?,26?/m1/s1. The van der Waals surface area contributed by atoms with E-state index in [0.717, 1.165) is 29.2 Å². The van der Waals surface area contributed by atoms with Gasteiger partial charge in [-0.3, -0.25) is 0 Å². The van der Waals surface area contributed by atoms with Gasteiger partial charge in [0.15, 0.2) is 11.9 Å². The van der Waals surface area contributed by atoms with Crippen LogP contribution in [0.2, 0.25) is 0 Å². The summed E-state index contributed by atoms with van der Waals surface area (Å²) in [6, 6.07) is 15.5. The van der Waals surface area contributed by atoms with Gasteiger partial charge in [-0.1, -0.05) is 37.3 Å². The van der Waals surface area contributed by atoms with E-state index >= 15 is 8.78 Å². The first-order valence-electron chi connectivity index (χ1n) is 11.5. The van der Waals surface area contributed by atoms with Crippen molar-refractivity contribution in [3.63, 3.8) is 0 Å². The SMILES string of the molecule is CCc1cc(C#N)ccc1-c1ccc(-c2c(F)cc3[nH]c(OC4CO[C@H](CO)C4O)nc3c2F)cc1. The zero-order valence-electron chi connectivity index (χ0n) is 19.3. The Morgan fingerprint density at radius 2 is 1.92 bits per heavy atom. The smallest absolute Gasteiger partial charge is 0.295 e. The summed E-state index contributed by atoms with van der Waals surface area (Å²) in [6.45, 7) is 1.66. The summed E-state index contributed by atoms with van der Waals surface area (Å²) in [5.74, 6) is -1.60. The fraction of sp³-hybridized carbons (Fsp3) is 0.259. The fourth-order valence-electron chi connectivity index (χ4n) is 4.50. The number of aliphatic hydroxyl groups is 2. The molecule has 2 unspecified atom stereocenters. The number of nitrogens with one attached hydrogen (secondary N) is 1. The van der Waals surface area contributed by atoms with Crippen LogP contribution in [0.15, 0.2) is 48.5 Å². The Morgan fingerprint density at radius 1 is 1.17 bits per heavy atom. The fourth-order valence-corrected chi connectivity index (χ4v) is 4.50. The van der Waals surface area contributed by atoms with Crippen molar-refractivity contribution in [1.82, 2.24) is 9.97 Å². The molecule has 1 aliphatic heterocycles. The maximum Gasteiger partial charge on any atom is 0.295 e. The highest BCUT2D eigenvalue weighted by Gasteiger charge is 2.37. The van der Waals surface area contributed by atoms with Gasteiger partial charge >= 0.3 is 0 Å². The van der Waals surface area contributed by atoms with Crippen molar-refractivity contribution in [2.24, 2.45) is 0 Å². The molecule has 9 heteroatoms. The van der Waals surface area contributed by atoms with Crippen molar-refractivity contribution in [1.29, 1.82) is 5.26 Å². The number of aryl methyl sites for hydroxylation is 1. The Kier molecular flexibility index (Phi) is 6.41. The van der Waals surface area contributed by atoms with Crippen LogP contribution in [-0.4, -0.2) is 51.7 Å². The van der Waals surface area contributed by atoms with E-state index in [1.54, 1.807) is 30.3 Å². The Balaban J connectivity index is 1.46. The number of halogens is 2. The number of imidazole rings is 1. The molecule has 0 radical (unpaired) electrons. The van der Waals surface area contributed by atoms with Crippen LogP contribution >= 0.6 is 0 Å². The van der Waals surface area contributed by atoms with Crippen LogP contribution in [0, 0.1) is 23.0 Å². The lowest BCUT2D eigenvalue weighted by atomic mass is 9.94. The summed E-state index contributed by atoms with van der Waals surface area (Å²) in [6.07, 6.45) is -1.93. The quantitative estimate of drug-likeness (QED) is 0.374. The largest absolute Gasteiger partial charge is 0.456 e. The van der Waals surface area contributed by atoms with Crippen LogP contribution in [0.3, 0.4) is 0 Å². The van der Waals surface area contributed by atoms with Crippen molar-refractivity contribution in [3.8, 4) is 34.3 Å². The molecule has 2 heterocycles. The van der Waals surface area contributed by atoms with Gasteiger partial charge < -0.3 is 24.7 Å². The molecule has 4 aromatic rings. The number of hydrogen-bond acceptors (Lipinski definition) is 6. The average molecular weight is 491 g/mol. The van der Waals surface area contributed by atoms with Gasteiger partial charge in [0.2, 0.25) is 0 Å². The number of aliphatic hydroxyl groups excluding tert-OH is 2. The summed E-state index contributed by atoms with van der Waals surface area (Å²) in [5.41, 5.74) is 3.55. The lowest BCUT2D eigenvalue weighted by molar-refractivity contribution is -0.00390. The Bertz CT molecular complexity index is 1460. The normalized spacial score (nSPS) is 19.5. The molecule has 184 valence electrons. The first-order chi connectivity index (χ1) is 17.4. The monoisotopic (exact) mass is 491 g/mol. The maximum absolute atomic E-state index is 15.4. The second-order valence-corrected chi connectivity index (χ2v) is 8.60. The second kappa shape index (κ2) is 9.66. The number of H-pyrrole nitrogens is 1.